The lowest BCUT2D eigenvalue weighted by Gasteiger charge is -2.32. The number of esters is 1. The molecule has 1 aromatic carbocycles. The number of fused-ring (bicyclic) bond motifs is 1. The molecule has 4 heterocycles. The lowest BCUT2D eigenvalue weighted by molar-refractivity contribution is -0.147. The van der Waals surface area contributed by atoms with Crippen LogP contribution in [0.3, 0.4) is 0 Å². The highest BCUT2D eigenvalue weighted by molar-refractivity contribution is 6.27. The summed E-state index contributed by atoms with van der Waals surface area (Å²) in [6, 6.07) is 9.77. The van der Waals surface area contributed by atoms with Crippen LogP contribution < -0.4 is 0 Å². The molecule has 2 saturated heterocycles. The number of carbonyl (C=O) groups excluding carboxylic acids is 2. The van der Waals surface area contributed by atoms with Crippen LogP contribution in [0.2, 0.25) is 0 Å². The average molecular weight is 502 g/mol. The number of pyridine rings is 1. The number of nitrogens with zero attached hydrogens (tertiary/aromatic N) is 4. The molecule has 1 atom stereocenters. The number of Topliss-reactive ketones (excluding diaryl/α,β-unsaturated/α-hetero) is 1. The van der Waals surface area contributed by atoms with Crippen LogP contribution in [-0.4, -0.2) is 77.3 Å². The molecule has 0 saturated carbocycles. The van der Waals surface area contributed by atoms with E-state index >= 15 is 0 Å². The molecule has 0 radical (unpaired) electrons. The highest BCUT2D eigenvalue weighted by Crippen LogP contribution is 2.30. The maximum Gasteiger partial charge on any atom is 0.326 e. The maximum atomic E-state index is 13.3. The smallest absolute Gasteiger partial charge is 0.326 e. The number of rotatable bonds is 6. The van der Waals surface area contributed by atoms with Gasteiger partial charge in [0.15, 0.2) is 11.7 Å². The fraction of sp³-hybridized carbons (Fsp3) is 0.357. The number of aryl methyl sites for hydroxylation is 1. The van der Waals surface area contributed by atoms with Crippen molar-refractivity contribution in [2.75, 3.05) is 39.8 Å². The number of hydrogen-bond donors (Lipinski definition) is 1. The van der Waals surface area contributed by atoms with Gasteiger partial charge in [-0.2, -0.15) is 0 Å². The number of ketones is 1. The first-order valence-electron chi connectivity index (χ1n) is 12.5. The van der Waals surface area contributed by atoms with E-state index in [1.807, 2.05) is 31.2 Å². The van der Waals surface area contributed by atoms with Crippen LogP contribution in [0.15, 0.2) is 53.5 Å². The van der Waals surface area contributed by atoms with Gasteiger partial charge in [0, 0.05) is 56.1 Å². The van der Waals surface area contributed by atoms with Crippen LogP contribution in [0.4, 0.5) is 5.69 Å². The van der Waals surface area contributed by atoms with Gasteiger partial charge >= 0.3 is 5.97 Å². The van der Waals surface area contributed by atoms with E-state index < -0.39 is 17.7 Å². The quantitative estimate of drug-likeness (QED) is 0.314. The molecule has 0 amide bonds. The Hall–Kier alpha value is -3.82. The number of likely N-dealkylation sites (N-methyl/N-ethyl adjacent to an activating group) is 1. The van der Waals surface area contributed by atoms with Crippen LogP contribution in [0.5, 0.6) is 0 Å². The number of benzene rings is 1. The summed E-state index contributed by atoms with van der Waals surface area (Å²) in [6.45, 7) is 8.91. The lowest BCUT2D eigenvalue weighted by Crippen LogP contribution is -2.43. The zero-order valence-electron chi connectivity index (χ0n) is 21.4. The molecule has 0 bridgehead atoms. The molecule has 2 aliphatic heterocycles. The predicted octanol–water partition coefficient (Wildman–Crippen LogP) is 3.47. The second-order valence-corrected chi connectivity index (χ2v) is 9.45. The van der Waals surface area contributed by atoms with Gasteiger partial charge in [0.05, 0.1) is 12.3 Å². The Morgan fingerprint density at radius 1 is 1.27 bits per heavy atom. The minimum Gasteiger partial charge on any atom is -0.465 e. The van der Waals surface area contributed by atoms with E-state index in [-0.39, 0.29) is 18.3 Å². The number of aromatic nitrogens is 2. The Kier molecular flexibility index (Phi) is 7.16. The standard InChI is InChI=1S/C28H31N5O4/c1-4-36-28(35)24-25(34)23(15-20-16-30-26-21(20)6-5-9-29-26)37-27(24)31-22-8-7-19(14-18(22)2)17-33-12-10-32(3)11-13-33/h5-9,14-16,24H,4,10-13,17H2,1-3H3,(H,29,30)/b23-15-,31-27?. The van der Waals surface area contributed by atoms with Gasteiger partial charge < -0.3 is 19.4 Å². The number of carbonyl (C=O) groups is 2. The van der Waals surface area contributed by atoms with Crippen LogP contribution in [0.25, 0.3) is 17.1 Å². The molecule has 1 N–H and O–H groups in total. The van der Waals surface area contributed by atoms with E-state index in [0.717, 1.165) is 49.2 Å². The largest absolute Gasteiger partial charge is 0.465 e. The maximum absolute atomic E-state index is 13.3. The van der Waals surface area contributed by atoms with Crippen LogP contribution >= 0.6 is 0 Å². The SMILES string of the molecule is CCOC(=O)C1C(=O)/C(=C/c2c[nH]c3ncccc23)OC1=Nc1ccc(CN2CCN(C)CC2)cc1C. The Balaban J connectivity index is 1.42. The number of aliphatic imine (C=N–C) groups is 1. The number of piperazine rings is 1. The molecule has 37 heavy (non-hydrogen) atoms. The lowest BCUT2D eigenvalue weighted by atomic mass is 10.0. The topological polar surface area (TPSA) is 100 Å². The van der Waals surface area contributed by atoms with Crippen molar-refractivity contribution in [2.45, 2.75) is 20.4 Å². The summed E-state index contributed by atoms with van der Waals surface area (Å²) in [5.41, 5.74) is 4.22. The van der Waals surface area contributed by atoms with Crippen LogP contribution in [-0.2, 0) is 25.6 Å². The third kappa shape index (κ3) is 5.33. The summed E-state index contributed by atoms with van der Waals surface area (Å²) < 4.78 is 11.1. The molecule has 9 heteroatoms. The number of nitrogens with one attached hydrogen (secondary N) is 1. The minimum absolute atomic E-state index is 0.0302. The number of hydrogen-bond acceptors (Lipinski definition) is 8. The third-order valence-corrected chi connectivity index (χ3v) is 6.75. The van der Waals surface area contributed by atoms with Gasteiger partial charge in [-0.25, -0.2) is 9.98 Å². The van der Waals surface area contributed by atoms with Gasteiger partial charge in [-0.05, 0) is 56.3 Å². The van der Waals surface area contributed by atoms with Gasteiger partial charge in [-0.15, -0.1) is 0 Å². The van der Waals surface area contributed by atoms with E-state index in [4.69, 9.17) is 9.47 Å². The minimum atomic E-state index is -1.24. The van der Waals surface area contributed by atoms with Crippen molar-refractivity contribution in [3.63, 3.8) is 0 Å². The fourth-order valence-electron chi connectivity index (χ4n) is 4.66. The van der Waals surface area contributed by atoms with Crippen molar-refractivity contribution in [3.8, 4) is 0 Å². The summed E-state index contributed by atoms with van der Waals surface area (Å²) in [5, 5.41) is 0.844. The molecule has 2 aliphatic rings. The number of ether oxygens (including phenoxy) is 2. The van der Waals surface area contributed by atoms with Crippen molar-refractivity contribution in [2.24, 2.45) is 10.9 Å². The Labute approximate surface area is 215 Å². The Bertz CT molecular complexity index is 1380. The second kappa shape index (κ2) is 10.7. The van der Waals surface area contributed by atoms with E-state index in [2.05, 4.69) is 37.9 Å². The molecule has 9 nitrogen and oxygen atoms in total. The van der Waals surface area contributed by atoms with Crippen molar-refractivity contribution in [1.29, 1.82) is 0 Å². The molecule has 5 rings (SSSR count). The number of H-pyrrole nitrogens is 1. The molecule has 0 aliphatic carbocycles. The normalized spacial score (nSPS) is 21.2. The summed E-state index contributed by atoms with van der Waals surface area (Å²) in [5.74, 6) is -2.30. The summed E-state index contributed by atoms with van der Waals surface area (Å²) in [7, 11) is 2.15. The van der Waals surface area contributed by atoms with Crippen molar-refractivity contribution in [1.82, 2.24) is 19.8 Å². The van der Waals surface area contributed by atoms with Gasteiger partial charge in [0.1, 0.15) is 5.65 Å². The number of aromatic amines is 1. The first kappa shape index (κ1) is 24.9. The van der Waals surface area contributed by atoms with E-state index in [1.54, 1.807) is 25.4 Å². The van der Waals surface area contributed by atoms with Crippen molar-refractivity contribution >= 4 is 40.4 Å². The fourth-order valence-corrected chi connectivity index (χ4v) is 4.66. The molecule has 2 aromatic heterocycles. The zero-order chi connectivity index (χ0) is 25.9. The van der Waals surface area contributed by atoms with Gasteiger partial charge in [0.2, 0.25) is 11.7 Å². The highest BCUT2D eigenvalue weighted by Gasteiger charge is 2.44. The molecule has 3 aromatic rings. The van der Waals surface area contributed by atoms with Crippen molar-refractivity contribution in [3.05, 3.63) is 65.2 Å². The van der Waals surface area contributed by atoms with Gasteiger partial charge in [-0.3, -0.25) is 14.5 Å². The first-order valence-corrected chi connectivity index (χ1v) is 12.5. The van der Waals surface area contributed by atoms with Gasteiger partial charge in [-0.1, -0.05) is 12.1 Å². The summed E-state index contributed by atoms with van der Waals surface area (Å²) in [4.78, 5) is 42.8. The highest BCUT2D eigenvalue weighted by atomic mass is 16.5. The average Bonchev–Trinajstić information content (AvgIpc) is 3.43. The molecule has 0 spiro atoms. The third-order valence-electron chi connectivity index (χ3n) is 6.75. The van der Waals surface area contributed by atoms with E-state index in [9.17, 15) is 9.59 Å². The number of allylic oxidation sites excluding steroid dienone is 1. The van der Waals surface area contributed by atoms with E-state index in [0.29, 0.717) is 11.3 Å². The molecule has 2 fully saturated rings. The summed E-state index contributed by atoms with van der Waals surface area (Å²) >= 11 is 0. The first-order chi connectivity index (χ1) is 17.9. The molecule has 1 unspecified atom stereocenters. The Morgan fingerprint density at radius 3 is 2.84 bits per heavy atom. The predicted molar refractivity (Wildman–Crippen MR) is 141 cm³/mol. The molecular formula is C28H31N5O4. The Morgan fingerprint density at radius 2 is 2.08 bits per heavy atom. The zero-order valence-corrected chi connectivity index (χ0v) is 21.4. The molecule has 192 valence electrons. The van der Waals surface area contributed by atoms with Crippen LogP contribution in [0, 0.1) is 12.8 Å². The summed E-state index contributed by atoms with van der Waals surface area (Å²) in [6.07, 6.45) is 5.05. The van der Waals surface area contributed by atoms with Crippen LogP contribution in [0.1, 0.15) is 23.6 Å². The van der Waals surface area contributed by atoms with Gasteiger partial charge in [0.25, 0.3) is 0 Å². The monoisotopic (exact) mass is 501 g/mol. The van der Waals surface area contributed by atoms with Crippen molar-refractivity contribution < 1.29 is 19.1 Å². The van der Waals surface area contributed by atoms with E-state index in [1.165, 1.54) is 5.56 Å². The molecular weight excluding hydrogens is 470 g/mol. The second-order valence-electron chi connectivity index (χ2n) is 9.45.